The zero-order valence-electron chi connectivity index (χ0n) is 45.3. The van der Waals surface area contributed by atoms with Crippen LogP contribution in [0.25, 0.3) is 0 Å². The van der Waals surface area contributed by atoms with Crippen LogP contribution in [0.3, 0.4) is 0 Å². The molecule has 0 aliphatic heterocycles. The molecule has 25 nitrogen and oxygen atoms in total. The fraction of sp³-hybridized carbons (Fsp3) is 0.468. The highest BCUT2D eigenvalue weighted by molar-refractivity contribution is 7.11. The lowest BCUT2D eigenvalue weighted by atomic mass is 10.4. The topological polar surface area (TPSA) is 315 Å². The highest BCUT2D eigenvalue weighted by Gasteiger charge is 1.94. The Balaban J connectivity index is 0. The molecule has 408 valence electrons. The fourth-order valence-electron chi connectivity index (χ4n) is 4.19. The van der Waals surface area contributed by atoms with Gasteiger partial charge in [0, 0.05) is 71.9 Å². The molecule has 0 fully saturated rings. The number of tetrazole rings is 1. The van der Waals surface area contributed by atoms with Crippen LogP contribution in [0.15, 0.2) is 50.6 Å². The molecule has 0 N–H and O–H groups in total. The Morgan fingerprint density at radius 1 is 0.413 bits per heavy atom. The zero-order valence-corrected chi connectivity index (χ0v) is 47.7. The van der Waals surface area contributed by atoms with Gasteiger partial charge in [0.05, 0.1) is 34.2 Å². The molecule has 0 spiro atoms. The Kier molecular flexibility index (Phi) is 36.1. The van der Waals surface area contributed by atoms with Crippen molar-refractivity contribution in [2.45, 2.75) is 146 Å². The molecule has 0 aliphatic carbocycles. The quantitative estimate of drug-likeness (QED) is 0.136. The summed E-state index contributed by atoms with van der Waals surface area (Å²) < 4.78 is 23.6. The summed E-state index contributed by atoms with van der Waals surface area (Å²) in [7, 11) is 1.80. The number of rotatable bonds is 0. The van der Waals surface area contributed by atoms with Gasteiger partial charge in [0.25, 0.3) is 0 Å². The van der Waals surface area contributed by atoms with Crippen LogP contribution in [0.5, 0.6) is 0 Å². The van der Waals surface area contributed by atoms with E-state index in [4.69, 9.17) is 4.42 Å². The maximum atomic E-state index is 4.86. The Morgan fingerprint density at radius 3 is 0.973 bits per heavy atom. The van der Waals surface area contributed by atoms with Crippen molar-refractivity contribution in [3.8, 4) is 0 Å². The van der Waals surface area contributed by atoms with Gasteiger partial charge >= 0.3 is 0 Å². The minimum atomic E-state index is 0. The van der Waals surface area contributed by atoms with Gasteiger partial charge in [0.1, 0.15) is 37.5 Å². The van der Waals surface area contributed by atoms with Crippen LogP contribution in [0, 0.1) is 132 Å². The third-order valence-electron chi connectivity index (χ3n) is 7.51. The van der Waals surface area contributed by atoms with Gasteiger partial charge in [-0.25, -0.2) is 14.6 Å². The van der Waals surface area contributed by atoms with Crippen molar-refractivity contribution in [1.29, 1.82) is 0 Å². The first kappa shape index (κ1) is 69.5. The summed E-state index contributed by atoms with van der Waals surface area (Å²) in [6, 6.07) is 0. The van der Waals surface area contributed by atoms with Crippen molar-refractivity contribution in [2.75, 3.05) is 0 Å². The Hall–Kier alpha value is -7.59. The third kappa shape index (κ3) is 36.1. The van der Waals surface area contributed by atoms with E-state index in [0.29, 0.717) is 35.2 Å². The van der Waals surface area contributed by atoms with E-state index in [0.717, 1.165) is 71.7 Å². The van der Waals surface area contributed by atoms with Gasteiger partial charge in [-0.2, -0.15) is 18.7 Å². The van der Waals surface area contributed by atoms with E-state index < -0.39 is 0 Å². The SMILES string of the molecule is C.C.Cc1cnc(C)cn1.Cc1cncc(C)n1.Cc1nccnc1C.Cc1nnc(C)o1.Cc1nnc(C)s1.Cc1nnnn1C.Cc1noc(C)n1.Cc1noc(C)n1.Cc1nsc(C)n1.Cc1nsc(C)n1. The van der Waals surface area contributed by atoms with Gasteiger partial charge < -0.3 is 13.5 Å². The van der Waals surface area contributed by atoms with Crippen LogP contribution in [0.1, 0.15) is 122 Å². The van der Waals surface area contributed by atoms with Crippen molar-refractivity contribution in [3.05, 3.63) is 144 Å². The van der Waals surface area contributed by atoms with Crippen molar-refractivity contribution >= 4 is 34.4 Å². The fourth-order valence-corrected chi connectivity index (χ4v) is 5.74. The van der Waals surface area contributed by atoms with Gasteiger partial charge in [-0.05, 0) is 137 Å². The summed E-state index contributed by atoms with van der Waals surface area (Å²) in [4.78, 5) is 39.8. The summed E-state index contributed by atoms with van der Waals surface area (Å²) >= 11 is 4.51. The molecular weight excluding hydrogens is 1020 g/mol. The number of aromatic nitrogens is 22. The lowest BCUT2D eigenvalue weighted by Crippen LogP contribution is -1.92. The number of nitrogens with zero attached hydrogens (tertiary/aromatic N) is 22. The zero-order chi connectivity index (χ0) is 54.9. The van der Waals surface area contributed by atoms with Crippen LogP contribution >= 0.6 is 34.4 Å². The Labute approximate surface area is 452 Å². The van der Waals surface area contributed by atoms with E-state index in [9.17, 15) is 0 Å². The molecule has 0 saturated heterocycles. The van der Waals surface area contributed by atoms with E-state index in [1.54, 1.807) is 102 Å². The van der Waals surface area contributed by atoms with Crippen LogP contribution in [0.4, 0.5) is 0 Å². The summed E-state index contributed by atoms with van der Waals surface area (Å²) in [5.41, 5.74) is 5.90. The first-order chi connectivity index (χ1) is 34.4. The van der Waals surface area contributed by atoms with Crippen molar-refractivity contribution in [2.24, 2.45) is 7.05 Å². The molecule has 0 unspecified atom stereocenters. The Morgan fingerprint density at radius 2 is 0.827 bits per heavy atom. The first-order valence-electron chi connectivity index (χ1n) is 22.0. The molecule has 0 atom stereocenters. The number of hydrogen-bond acceptors (Lipinski definition) is 27. The highest BCUT2D eigenvalue weighted by Crippen LogP contribution is 2.04. The largest absolute Gasteiger partial charge is 0.426 e. The molecule has 0 saturated carbocycles. The Bertz CT molecular complexity index is 2510. The van der Waals surface area contributed by atoms with Gasteiger partial charge in [-0.3, -0.25) is 29.9 Å². The molecule has 0 amide bonds. The van der Waals surface area contributed by atoms with Crippen LogP contribution in [-0.4, -0.2) is 110 Å². The number of aryl methyl sites for hydroxylation is 20. The molecule has 10 heterocycles. The third-order valence-corrected chi connectivity index (χ3v) is 9.69. The maximum Gasteiger partial charge on any atom is 0.223 e. The second kappa shape index (κ2) is 38.9. The van der Waals surface area contributed by atoms with E-state index in [2.05, 4.69) is 114 Å². The molecule has 0 aromatic carbocycles. The molecule has 28 heteroatoms. The van der Waals surface area contributed by atoms with Gasteiger partial charge in [0.15, 0.2) is 11.6 Å². The van der Waals surface area contributed by atoms with Crippen molar-refractivity contribution < 1.29 is 13.5 Å². The molecule has 10 rings (SSSR count). The van der Waals surface area contributed by atoms with E-state index in [1.807, 2.05) is 90.0 Å². The lowest BCUT2D eigenvalue weighted by Gasteiger charge is -1.91. The van der Waals surface area contributed by atoms with Gasteiger partial charge in [-0.1, -0.05) is 25.2 Å². The van der Waals surface area contributed by atoms with E-state index in [-0.39, 0.29) is 14.9 Å². The van der Waals surface area contributed by atoms with Crippen molar-refractivity contribution in [3.63, 3.8) is 0 Å². The highest BCUT2D eigenvalue weighted by atomic mass is 32.1. The van der Waals surface area contributed by atoms with Gasteiger partial charge in [0.2, 0.25) is 23.6 Å². The van der Waals surface area contributed by atoms with E-state index in [1.165, 1.54) is 23.1 Å². The monoisotopic (exact) mass is 1090 g/mol. The van der Waals surface area contributed by atoms with Crippen molar-refractivity contribution in [1.82, 2.24) is 110 Å². The average Bonchev–Trinajstić information content (AvgIpc) is 4.24. The first-order valence-corrected chi connectivity index (χ1v) is 24.3. The predicted octanol–water partition coefficient (Wildman–Crippen LogP) is 9.60. The normalized spacial score (nSPS) is 9.12. The summed E-state index contributed by atoms with van der Waals surface area (Å²) in [5, 5.41) is 36.6. The van der Waals surface area contributed by atoms with Gasteiger partial charge in [-0.15, -0.1) is 36.8 Å². The lowest BCUT2D eigenvalue weighted by molar-refractivity contribution is 0.389. The minimum Gasteiger partial charge on any atom is -0.426 e. The maximum absolute atomic E-state index is 4.86. The average molecular weight is 1090 g/mol. The molecule has 75 heavy (non-hydrogen) atoms. The molecule has 10 aromatic heterocycles. The standard InChI is InChI=1S/3C6H8N2.3C4H6N2O.3C4H6N2S.C3H6N4.2CH4/c1-5-3-8-6(2)4-7-5;1-5-3-7-4-6(2)8-5;1-5-6(2)8-4-3-7-5;1-3-5-6-4(2)7-3;2*1-3-5-4(2)7-6-3;1-3-5-6-4(2)7-3;2*1-3-5-4(2)7-6-3;1-3-4-5-6-7(3)2;;/h3*3-4H,1-2H3;7*1-2H3;2*1H4. The molecule has 0 aliphatic rings. The second-order valence-electron chi connectivity index (χ2n) is 14.8. The molecular formula is C47H74N22O3S3. The minimum absolute atomic E-state index is 0. The summed E-state index contributed by atoms with van der Waals surface area (Å²) in [6.07, 6.45) is 10.4. The summed E-state index contributed by atoms with van der Waals surface area (Å²) in [5.74, 6) is 6.46. The van der Waals surface area contributed by atoms with Crippen LogP contribution < -0.4 is 0 Å². The van der Waals surface area contributed by atoms with Crippen LogP contribution in [-0.2, 0) is 7.05 Å². The second-order valence-corrected chi connectivity index (χ2v) is 18.1. The smallest absolute Gasteiger partial charge is 0.223 e. The van der Waals surface area contributed by atoms with E-state index >= 15 is 0 Å². The van der Waals surface area contributed by atoms with Crippen LogP contribution in [0.2, 0.25) is 0 Å². The predicted molar refractivity (Wildman–Crippen MR) is 291 cm³/mol. The molecule has 10 aromatic rings. The summed E-state index contributed by atoms with van der Waals surface area (Å²) in [6.45, 7) is 35.7. The molecule has 0 bridgehead atoms. The number of hydrogen-bond donors (Lipinski definition) is 0. The molecule has 0 radical (unpaired) electrons.